The van der Waals surface area contributed by atoms with Crippen LogP contribution in [0.3, 0.4) is 0 Å². The number of carbonyl (C=O) groups is 2. The second-order valence-electron chi connectivity index (χ2n) is 7.69. The number of rotatable bonds is 5. The van der Waals surface area contributed by atoms with Gasteiger partial charge in [-0.15, -0.1) is 11.8 Å². The fourth-order valence-corrected chi connectivity index (χ4v) is 4.82. The van der Waals surface area contributed by atoms with Crippen LogP contribution in [0, 0.1) is 13.8 Å². The van der Waals surface area contributed by atoms with Crippen molar-refractivity contribution in [3.63, 3.8) is 0 Å². The molecule has 1 heterocycles. The zero-order valence-corrected chi connectivity index (χ0v) is 19.0. The number of amides is 2. The van der Waals surface area contributed by atoms with Crippen molar-refractivity contribution in [1.82, 2.24) is 4.90 Å². The van der Waals surface area contributed by atoms with Crippen molar-refractivity contribution in [2.24, 2.45) is 0 Å². The van der Waals surface area contributed by atoms with E-state index in [0.29, 0.717) is 22.9 Å². The Bertz CT molecular complexity index is 1110. The van der Waals surface area contributed by atoms with E-state index in [4.69, 9.17) is 11.6 Å². The van der Waals surface area contributed by atoms with E-state index in [1.807, 2.05) is 85.5 Å². The van der Waals surface area contributed by atoms with Gasteiger partial charge in [0.2, 0.25) is 5.91 Å². The van der Waals surface area contributed by atoms with Crippen LogP contribution in [0.1, 0.15) is 38.0 Å². The van der Waals surface area contributed by atoms with Crippen LogP contribution in [0.15, 0.2) is 66.7 Å². The van der Waals surface area contributed by atoms with Gasteiger partial charge in [-0.05, 0) is 72.5 Å². The molecule has 6 heteroatoms. The summed E-state index contributed by atoms with van der Waals surface area (Å²) in [4.78, 5) is 27.0. The van der Waals surface area contributed by atoms with Crippen molar-refractivity contribution in [2.45, 2.75) is 25.8 Å². The molecule has 1 atom stereocenters. The number of halogens is 1. The molecule has 1 saturated heterocycles. The third kappa shape index (κ3) is 4.94. The number of benzene rings is 3. The number of hydrogen-bond acceptors (Lipinski definition) is 3. The molecule has 3 aromatic carbocycles. The first kappa shape index (κ1) is 21.5. The lowest BCUT2D eigenvalue weighted by Crippen LogP contribution is -2.27. The van der Waals surface area contributed by atoms with Gasteiger partial charge in [0, 0.05) is 22.8 Å². The number of aryl methyl sites for hydroxylation is 2. The second kappa shape index (κ2) is 9.16. The number of thioether (sulfide) groups is 1. The quantitative estimate of drug-likeness (QED) is 0.519. The van der Waals surface area contributed by atoms with Crippen LogP contribution in [-0.4, -0.2) is 22.5 Å². The van der Waals surface area contributed by atoms with E-state index in [1.54, 1.807) is 11.8 Å². The molecule has 2 amide bonds. The van der Waals surface area contributed by atoms with Gasteiger partial charge in [0.05, 0.1) is 5.75 Å². The molecule has 3 aromatic rings. The Labute approximate surface area is 191 Å². The summed E-state index contributed by atoms with van der Waals surface area (Å²) >= 11 is 7.57. The van der Waals surface area contributed by atoms with Crippen LogP contribution in [0.4, 0.5) is 5.69 Å². The van der Waals surface area contributed by atoms with Crippen LogP contribution in [0.2, 0.25) is 5.02 Å². The molecule has 1 aliphatic heterocycles. The Morgan fingerprint density at radius 1 is 1.03 bits per heavy atom. The predicted octanol–water partition coefficient (Wildman–Crippen LogP) is 5.98. The summed E-state index contributed by atoms with van der Waals surface area (Å²) < 4.78 is 0. The normalized spacial score (nSPS) is 15.9. The molecule has 1 aliphatic rings. The summed E-state index contributed by atoms with van der Waals surface area (Å²) in [7, 11) is 0. The second-order valence-corrected chi connectivity index (χ2v) is 9.19. The minimum Gasteiger partial charge on any atom is -0.322 e. The Hall–Kier alpha value is -2.76. The van der Waals surface area contributed by atoms with Gasteiger partial charge in [0.1, 0.15) is 5.37 Å². The lowest BCUT2D eigenvalue weighted by molar-refractivity contribution is -0.128. The maximum absolute atomic E-state index is 12.6. The standard InChI is InChI=1S/C25H23ClN2O2S/c1-16-3-12-22(13-17(16)2)27-24(30)19-6-8-20(9-7-19)25-28(23(29)15-31-25)14-18-4-10-21(26)11-5-18/h3-13,25H,14-15H2,1-2H3,(H,27,30)/t25-/m0/s1. The fourth-order valence-electron chi connectivity index (χ4n) is 3.51. The molecule has 0 saturated carbocycles. The first-order chi connectivity index (χ1) is 14.9. The molecule has 1 fully saturated rings. The highest BCUT2D eigenvalue weighted by Crippen LogP contribution is 2.39. The molecule has 0 radical (unpaired) electrons. The number of nitrogens with zero attached hydrogens (tertiary/aromatic N) is 1. The lowest BCUT2D eigenvalue weighted by Gasteiger charge is -2.24. The smallest absolute Gasteiger partial charge is 0.255 e. The van der Waals surface area contributed by atoms with Crippen LogP contribution >= 0.6 is 23.4 Å². The third-order valence-corrected chi connectivity index (χ3v) is 6.97. The van der Waals surface area contributed by atoms with E-state index >= 15 is 0 Å². The number of hydrogen-bond donors (Lipinski definition) is 1. The summed E-state index contributed by atoms with van der Waals surface area (Å²) in [5.41, 5.74) is 5.73. The Morgan fingerprint density at radius 3 is 2.42 bits per heavy atom. The van der Waals surface area contributed by atoms with Crippen LogP contribution in [0.25, 0.3) is 0 Å². The fraction of sp³-hybridized carbons (Fsp3) is 0.200. The Morgan fingerprint density at radius 2 is 1.74 bits per heavy atom. The van der Waals surface area contributed by atoms with Crippen LogP contribution in [0.5, 0.6) is 0 Å². The largest absolute Gasteiger partial charge is 0.322 e. The van der Waals surface area contributed by atoms with Crippen LogP contribution < -0.4 is 5.32 Å². The van der Waals surface area contributed by atoms with E-state index < -0.39 is 0 Å². The molecule has 0 aliphatic carbocycles. The van der Waals surface area contributed by atoms with Gasteiger partial charge in [-0.2, -0.15) is 0 Å². The topological polar surface area (TPSA) is 49.4 Å². The number of nitrogens with one attached hydrogen (secondary N) is 1. The van der Waals surface area contributed by atoms with Gasteiger partial charge >= 0.3 is 0 Å². The van der Waals surface area contributed by atoms with Crippen molar-refractivity contribution < 1.29 is 9.59 Å². The maximum atomic E-state index is 12.6. The Balaban J connectivity index is 1.47. The van der Waals surface area contributed by atoms with E-state index in [1.165, 1.54) is 5.56 Å². The van der Waals surface area contributed by atoms with Gasteiger partial charge in [-0.25, -0.2) is 0 Å². The van der Waals surface area contributed by atoms with Crippen molar-refractivity contribution >= 4 is 40.9 Å². The first-order valence-electron chi connectivity index (χ1n) is 10.0. The third-order valence-electron chi connectivity index (χ3n) is 5.46. The summed E-state index contributed by atoms with van der Waals surface area (Å²) in [6.07, 6.45) is 0. The first-order valence-corrected chi connectivity index (χ1v) is 11.5. The van der Waals surface area contributed by atoms with E-state index in [9.17, 15) is 9.59 Å². The molecular weight excluding hydrogens is 428 g/mol. The molecule has 0 bridgehead atoms. The van der Waals surface area contributed by atoms with Crippen molar-refractivity contribution in [1.29, 1.82) is 0 Å². The molecular formula is C25H23ClN2O2S. The van der Waals surface area contributed by atoms with Gasteiger partial charge in [0.25, 0.3) is 5.91 Å². The van der Waals surface area contributed by atoms with Gasteiger partial charge < -0.3 is 10.2 Å². The zero-order chi connectivity index (χ0) is 22.0. The van der Waals surface area contributed by atoms with E-state index in [-0.39, 0.29) is 17.2 Å². The number of anilines is 1. The van der Waals surface area contributed by atoms with Crippen molar-refractivity contribution in [3.8, 4) is 0 Å². The van der Waals surface area contributed by atoms with Crippen LogP contribution in [-0.2, 0) is 11.3 Å². The maximum Gasteiger partial charge on any atom is 0.255 e. The van der Waals surface area contributed by atoms with Gasteiger partial charge in [-0.3, -0.25) is 9.59 Å². The van der Waals surface area contributed by atoms with Gasteiger partial charge in [0.15, 0.2) is 0 Å². The SMILES string of the molecule is Cc1ccc(NC(=O)c2ccc([C@@H]3SCC(=O)N3Cc3ccc(Cl)cc3)cc2)cc1C. The monoisotopic (exact) mass is 450 g/mol. The lowest BCUT2D eigenvalue weighted by atomic mass is 10.1. The summed E-state index contributed by atoms with van der Waals surface area (Å²) in [5, 5.41) is 3.56. The molecule has 4 nitrogen and oxygen atoms in total. The number of carbonyl (C=O) groups excluding carboxylic acids is 2. The highest BCUT2D eigenvalue weighted by atomic mass is 35.5. The molecule has 0 spiro atoms. The molecule has 0 aromatic heterocycles. The summed E-state index contributed by atoms with van der Waals surface area (Å²) in [6.45, 7) is 4.60. The Kier molecular flexibility index (Phi) is 6.35. The van der Waals surface area contributed by atoms with E-state index in [0.717, 1.165) is 22.4 Å². The minimum absolute atomic E-state index is 0.0694. The molecule has 4 rings (SSSR count). The highest BCUT2D eigenvalue weighted by Gasteiger charge is 2.32. The molecule has 1 N–H and O–H groups in total. The average Bonchev–Trinajstić information content (AvgIpc) is 3.12. The molecule has 158 valence electrons. The minimum atomic E-state index is -0.150. The predicted molar refractivity (Wildman–Crippen MR) is 128 cm³/mol. The highest BCUT2D eigenvalue weighted by molar-refractivity contribution is 8.00. The zero-order valence-electron chi connectivity index (χ0n) is 17.4. The van der Waals surface area contributed by atoms with Crippen molar-refractivity contribution in [2.75, 3.05) is 11.1 Å². The molecule has 0 unspecified atom stereocenters. The van der Waals surface area contributed by atoms with Gasteiger partial charge in [-0.1, -0.05) is 41.9 Å². The van der Waals surface area contributed by atoms with E-state index in [2.05, 4.69) is 5.32 Å². The molecule has 31 heavy (non-hydrogen) atoms. The summed E-state index contributed by atoms with van der Waals surface area (Å²) in [5.74, 6) is 0.414. The summed E-state index contributed by atoms with van der Waals surface area (Å²) in [6, 6.07) is 20.9. The average molecular weight is 451 g/mol. The van der Waals surface area contributed by atoms with Crippen molar-refractivity contribution in [3.05, 3.63) is 99.6 Å².